The molecule has 0 bridgehead atoms. The van der Waals surface area contributed by atoms with E-state index in [2.05, 4.69) is 12.2 Å². The van der Waals surface area contributed by atoms with E-state index in [1.807, 2.05) is 31.3 Å². The van der Waals surface area contributed by atoms with Crippen molar-refractivity contribution >= 4 is 0 Å². The summed E-state index contributed by atoms with van der Waals surface area (Å²) in [6.45, 7) is 2.84. The van der Waals surface area contributed by atoms with Gasteiger partial charge in [-0.05, 0) is 37.7 Å². The van der Waals surface area contributed by atoms with Crippen LogP contribution in [0, 0.1) is 0 Å². The fourth-order valence-electron chi connectivity index (χ4n) is 2.30. The quantitative estimate of drug-likeness (QED) is 0.820. The minimum atomic E-state index is 0.126. The van der Waals surface area contributed by atoms with Crippen molar-refractivity contribution < 1.29 is 14.2 Å². The first-order valence-electron chi connectivity index (χ1n) is 6.88. The van der Waals surface area contributed by atoms with Crippen molar-refractivity contribution in [1.29, 1.82) is 0 Å². The van der Waals surface area contributed by atoms with Crippen molar-refractivity contribution in [2.75, 3.05) is 20.8 Å². The van der Waals surface area contributed by atoms with Crippen LogP contribution in [0.15, 0.2) is 24.3 Å². The lowest BCUT2D eigenvalue weighted by Gasteiger charge is -2.42. The van der Waals surface area contributed by atoms with Crippen LogP contribution in [0.25, 0.3) is 0 Å². The van der Waals surface area contributed by atoms with Gasteiger partial charge in [-0.1, -0.05) is 6.92 Å². The summed E-state index contributed by atoms with van der Waals surface area (Å²) in [5, 5.41) is 3.23. The van der Waals surface area contributed by atoms with E-state index < -0.39 is 0 Å². The Morgan fingerprint density at radius 3 is 2.47 bits per heavy atom. The molecule has 3 unspecified atom stereocenters. The Labute approximate surface area is 115 Å². The molecule has 3 atom stereocenters. The normalized spacial score (nSPS) is 25.7. The summed E-state index contributed by atoms with van der Waals surface area (Å²) in [4.78, 5) is 0. The molecule has 19 heavy (non-hydrogen) atoms. The number of nitrogens with one attached hydrogen (secondary N) is 1. The van der Waals surface area contributed by atoms with Crippen LogP contribution in [0.3, 0.4) is 0 Å². The zero-order valence-corrected chi connectivity index (χ0v) is 11.9. The van der Waals surface area contributed by atoms with Crippen LogP contribution in [0.1, 0.15) is 19.8 Å². The molecule has 2 rings (SSSR count). The highest BCUT2D eigenvalue weighted by Gasteiger charge is 2.42. The molecule has 1 N–H and O–H groups in total. The van der Waals surface area contributed by atoms with Gasteiger partial charge in [0.2, 0.25) is 0 Å². The van der Waals surface area contributed by atoms with Crippen LogP contribution < -0.4 is 14.8 Å². The zero-order valence-electron chi connectivity index (χ0n) is 11.9. The third-order valence-electron chi connectivity index (χ3n) is 3.48. The molecule has 1 aliphatic carbocycles. The van der Waals surface area contributed by atoms with Gasteiger partial charge < -0.3 is 19.5 Å². The highest BCUT2D eigenvalue weighted by Crippen LogP contribution is 2.29. The number of benzene rings is 1. The standard InChI is InChI=1S/C15H23NO3/c1-4-9-18-11-5-7-12(8-6-11)19-14-10-13(16-2)15(14)17-3/h5-8,13-16H,4,9-10H2,1-3H3. The molecule has 4 heteroatoms. The smallest absolute Gasteiger partial charge is 0.128 e. The molecule has 4 nitrogen and oxygen atoms in total. The number of methoxy groups -OCH3 is 1. The molecule has 0 saturated heterocycles. The van der Waals surface area contributed by atoms with Gasteiger partial charge in [0.1, 0.15) is 23.7 Å². The summed E-state index contributed by atoms with van der Waals surface area (Å²) >= 11 is 0. The Morgan fingerprint density at radius 2 is 1.89 bits per heavy atom. The van der Waals surface area contributed by atoms with Gasteiger partial charge in [0.05, 0.1) is 6.61 Å². The number of ether oxygens (including phenoxy) is 3. The van der Waals surface area contributed by atoms with Gasteiger partial charge in [-0.2, -0.15) is 0 Å². The van der Waals surface area contributed by atoms with E-state index in [0.717, 1.165) is 30.9 Å². The fraction of sp³-hybridized carbons (Fsp3) is 0.600. The summed E-state index contributed by atoms with van der Waals surface area (Å²) < 4.78 is 16.9. The first-order chi connectivity index (χ1) is 9.28. The van der Waals surface area contributed by atoms with Gasteiger partial charge >= 0.3 is 0 Å². The highest BCUT2D eigenvalue weighted by atomic mass is 16.5. The van der Waals surface area contributed by atoms with E-state index >= 15 is 0 Å². The minimum Gasteiger partial charge on any atom is -0.494 e. The second kappa shape index (κ2) is 6.78. The Bertz CT molecular complexity index is 379. The molecule has 0 heterocycles. The molecule has 0 aromatic heterocycles. The van der Waals surface area contributed by atoms with Crippen molar-refractivity contribution in [3.8, 4) is 11.5 Å². The Kier molecular flexibility index (Phi) is 5.05. The maximum atomic E-state index is 5.92. The monoisotopic (exact) mass is 265 g/mol. The lowest BCUT2D eigenvalue weighted by Crippen LogP contribution is -2.60. The van der Waals surface area contributed by atoms with E-state index in [-0.39, 0.29) is 12.2 Å². The number of rotatable bonds is 7. The summed E-state index contributed by atoms with van der Waals surface area (Å²) in [5.41, 5.74) is 0. The molecule has 0 spiro atoms. The van der Waals surface area contributed by atoms with E-state index in [1.165, 1.54) is 0 Å². The third-order valence-corrected chi connectivity index (χ3v) is 3.48. The van der Waals surface area contributed by atoms with E-state index in [4.69, 9.17) is 14.2 Å². The lowest BCUT2D eigenvalue weighted by molar-refractivity contribution is -0.0869. The predicted octanol–water partition coefficient (Wildman–Crippen LogP) is 2.23. The second-order valence-corrected chi connectivity index (χ2v) is 4.81. The molecule has 1 aliphatic rings. The van der Waals surface area contributed by atoms with Gasteiger partial charge in [-0.15, -0.1) is 0 Å². The Morgan fingerprint density at radius 1 is 1.21 bits per heavy atom. The van der Waals surface area contributed by atoms with Crippen LogP contribution in [-0.2, 0) is 4.74 Å². The van der Waals surface area contributed by atoms with Crippen LogP contribution in [0.4, 0.5) is 0 Å². The molecular formula is C15H23NO3. The molecule has 1 saturated carbocycles. The topological polar surface area (TPSA) is 39.7 Å². The Balaban J connectivity index is 1.86. The average Bonchev–Trinajstić information content (AvgIpc) is 2.42. The molecular weight excluding hydrogens is 242 g/mol. The Hall–Kier alpha value is -1.26. The largest absolute Gasteiger partial charge is 0.494 e. The molecule has 0 aliphatic heterocycles. The predicted molar refractivity (Wildman–Crippen MR) is 74.9 cm³/mol. The van der Waals surface area contributed by atoms with Gasteiger partial charge in [0, 0.05) is 19.6 Å². The third kappa shape index (κ3) is 3.39. The summed E-state index contributed by atoms with van der Waals surface area (Å²) in [6.07, 6.45) is 2.25. The first kappa shape index (κ1) is 14.2. The molecule has 1 aromatic carbocycles. The zero-order chi connectivity index (χ0) is 13.7. The number of hydrogen-bond acceptors (Lipinski definition) is 4. The second-order valence-electron chi connectivity index (χ2n) is 4.81. The SMILES string of the molecule is CCCOc1ccc(OC2CC(NC)C2OC)cc1. The average molecular weight is 265 g/mol. The molecule has 1 fully saturated rings. The number of hydrogen-bond donors (Lipinski definition) is 1. The summed E-state index contributed by atoms with van der Waals surface area (Å²) in [6, 6.07) is 8.18. The fourth-order valence-corrected chi connectivity index (χ4v) is 2.30. The van der Waals surface area contributed by atoms with Gasteiger partial charge in [-0.25, -0.2) is 0 Å². The van der Waals surface area contributed by atoms with Crippen molar-refractivity contribution in [3.63, 3.8) is 0 Å². The van der Waals surface area contributed by atoms with Gasteiger partial charge in [0.25, 0.3) is 0 Å². The lowest BCUT2D eigenvalue weighted by atomic mass is 9.85. The molecule has 106 valence electrons. The molecule has 0 radical (unpaired) electrons. The maximum absolute atomic E-state index is 5.92. The molecule has 1 aromatic rings. The van der Waals surface area contributed by atoms with Gasteiger partial charge in [0.15, 0.2) is 0 Å². The van der Waals surface area contributed by atoms with Gasteiger partial charge in [-0.3, -0.25) is 0 Å². The van der Waals surface area contributed by atoms with Crippen molar-refractivity contribution in [1.82, 2.24) is 5.32 Å². The van der Waals surface area contributed by atoms with Crippen LogP contribution in [0.5, 0.6) is 11.5 Å². The number of likely N-dealkylation sites (N-methyl/N-ethyl adjacent to an activating group) is 1. The van der Waals surface area contributed by atoms with E-state index in [0.29, 0.717) is 6.04 Å². The molecule has 0 amide bonds. The minimum absolute atomic E-state index is 0.126. The first-order valence-corrected chi connectivity index (χ1v) is 6.88. The van der Waals surface area contributed by atoms with Crippen molar-refractivity contribution in [2.24, 2.45) is 0 Å². The van der Waals surface area contributed by atoms with Crippen LogP contribution in [-0.4, -0.2) is 39.0 Å². The highest BCUT2D eigenvalue weighted by molar-refractivity contribution is 5.31. The van der Waals surface area contributed by atoms with E-state index in [9.17, 15) is 0 Å². The van der Waals surface area contributed by atoms with Crippen molar-refractivity contribution in [3.05, 3.63) is 24.3 Å². The summed E-state index contributed by atoms with van der Waals surface area (Å²) in [5.74, 6) is 1.75. The summed E-state index contributed by atoms with van der Waals surface area (Å²) in [7, 11) is 3.68. The maximum Gasteiger partial charge on any atom is 0.128 e. The van der Waals surface area contributed by atoms with Crippen LogP contribution in [0.2, 0.25) is 0 Å². The van der Waals surface area contributed by atoms with Crippen molar-refractivity contribution in [2.45, 2.75) is 38.0 Å². The van der Waals surface area contributed by atoms with Crippen LogP contribution >= 0.6 is 0 Å². The van der Waals surface area contributed by atoms with E-state index in [1.54, 1.807) is 7.11 Å².